The molecule has 1 fully saturated rings. The molecule has 6 heteroatoms. The number of hydrogen-bond acceptors (Lipinski definition) is 3. The van der Waals surface area contributed by atoms with Crippen molar-refractivity contribution in [3.63, 3.8) is 0 Å². The molecule has 1 N–H and O–H groups in total. The van der Waals surface area contributed by atoms with Crippen molar-refractivity contribution in [2.45, 2.75) is 32.6 Å². The lowest BCUT2D eigenvalue weighted by molar-refractivity contribution is 0.0713. The molecular weight excluding hydrogens is 396 g/mol. The molecule has 4 rings (SSSR count). The Balaban J connectivity index is 1.48. The summed E-state index contributed by atoms with van der Waals surface area (Å²) in [6.45, 7) is 5.30. The summed E-state index contributed by atoms with van der Waals surface area (Å²) in [5.74, 6) is 0.458. The molecule has 30 heavy (non-hydrogen) atoms. The number of hydrogen-bond donors (Lipinski definition) is 1. The lowest BCUT2D eigenvalue weighted by Gasteiger charge is -2.32. The molecule has 0 aliphatic carbocycles. The van der Waals surface area contributed by atoms with Crippen LogP contribution >= 0.6 is 11.6 Å². The largest absolute Gasteiger partial charge is 0.339 e. The maximum atomic E-state index is 13.1. The van der Waals surface area contributed by atoms with Gasteiger partial charge in [-0.1, -0.05) is 29.8 Å². The minimum absolute atomic E-state index is 0.0397. The van der Waals surface area contributed by atoms with Gasteiger partial charge in [-0.2, -0.15) is 10.4 Å². The third kappa shape index (κ3) is 3.83. The molecule has 0 atom stereocenters. The normalized spacial score (nSPS) is 14.5. The van der Waals surface area contributed by atoms with Gasteiger partial charge >= 0.3 is 0 Å². The summed E-state index contributed by atoms with van der Waals surface area (Å²) in [4.78, 5) is 15.1. The first kappa shape index (κ1) is 20.2. The zero-order chi connectivity index (χ0) is 21.3. The molecule has 2 aromatic carbocycles. The summed E-state index contributed by atoms with van der Waals surface area (Å²) in [5.41, 5.74) is 5.97. The number of aromatic nitrogens is 2. The van der Waals surface area contributed by atoms with Gasteiger partial charge in [0.05, 0.1) is 22.3 Å². The summed E-state index contributed by atoms with van der Waals surface area (Å²) in [6, 6.07) is 15.7. The molecule has 0 spiro atoms. The maximum Gasteiger partial charge on any atom is 0.253 e. The fourth-order valence-corrected chi connectivity index (χ4v) is 4.22. The number of amides is 1. The number of benzene rings is 2. The fraction of sp³-hybridized carbons (Fsp3) is 0.292. The first-order valence-corrected chi connectivity index (χ1v) is 10.5. The molecule has 1 aromatic heterocycles. The molecule has 0 bridgehead atoms. The van der Waals surface area contributed by atoms with Gasteiger partial charge in [0, 0.05) is 24.2 Å². The number of piperidine rings is 1. The average Bonchev–Trinajstić information content (AvgIpc) is 3.12. The Labute approximate surface area is 181 Å². The summed E-state index contributed by atoms with van der Waals surface area (Å²) < 4.78 is 0. The van der Waals surface area contributed by atoms with Gasteiger partial charge in [0.2, 0.25) is 0 Å². The van der Waals surface area contributed by atoms with Gasteiger partial charge < -0.3 is 4.90 Å². The Morgan fingerprint density at radius 2 is 1.87 bits per heavy atom. The second-order valence-electron chi connectivity index (χ2n) is 7.84. The van der Waals surface area contributed by atoms with Gasteiger partial charge in [-0.15, -0.1) is 0 Å². The quantitative estimate of drug-likeness (QED) is 0.632. The molecule has 1 amide bonds. The maximum absolute atomic E-state index is 13.1. The van der Waals surface area contributed by atoms with E-state index >= 15 is 0 Å². The van der Waals surface area contributed by atoms with Gasteiger partial charge in [0.15, 0.2) is 0 Å². The van der Waals surface area contributed by atoms with Crippen molar-refractivity contribution in [3.8, 4) is 17.3 Å². The number of H-pyrrole nitrogens is 1. The van der Waals surface area contributed by atoms with E-state index in [1.54, 1.807) is 0 Å². The molecule has 5 nitrogen and oxygen atoms in total. The molecule has 1 saturated heterocycles. The van der Waals surface area contributed by atoms with Crippen LogP contribution in [-0.4, -0.2) is 34.1 Å². The number of aromatic amines is 1. The topological polar surface area (TPSA) is 72.8 Å². The number of aryl methyl sites for hydroxylation is 2. The van der Waals surface area contributed by atoms with E-state index < -0.39 is 0 Å². The van der Waals surface area contributed by atoms with Gasteiger partial charge in [0.25, 0.3) is 5.91 Å². The number of rotatable bonds is 3. The van der Waals surface area contributed by atoms with E-state index in [0.29, 0.717) is 27.8 Å². The Hall–Kier alpha value is -3.10. The highest BCUT2D eigenvalue weighted by molar-refractivity contribution is 6.33. The van der Waals surface area contributed by atoms with Crippen molar-refractivity contribution in [2.24, 2.45) is 0 Å². The minimum Gasteiger partial charge on any atom is -0.339 e. The smallest absolute Gasteiger partial charge is 0.253 e. The van der Waals surface area contributed by atoms with Crippen LogP contribution < -0.4 is 0 Å². The zero-order valence-electron chi connectivity index (χ0n) is 17.1. The number of halogens is 1. The lowest BCUT2D eigenvalue weighted by atomic mass is 9.88. The van der Waals surface area contributed by atoms with Crippen LogP contribution in [0.3, 0.4) is 0 Å². The number of carbonyl (C=O) groups is 1. The molecular formula is C24H23ClN4O. The van der Waals surface area contributed by atoms with Crippen LogP contribution in [0, 0.1) is 25.2 Å². The second kappa shape index (κ2) is 8.33. The average molecular weight is 419 g/mol. The van der Waals surface area contributed by atoms with E-state index in [1.165, 1.54) is 5.56 Å². The number of likely N-dealkylation sites (tertiary alicyclic amines) is 1. The Bertz CT molecular complexity index is 1120. The van der Waals surface area contributed by atoms with Crippen LogP contribution in [0.4, 0.5) is 0 Å². The first-order chi connectivity index (χ1) is 14.5. The SMILES string of the molecule is Cc1ccc(C(=O)N2CCC(c3ccc(C#N)cc3)CC2)cc1-c1n[nH]c(C)c1Cl. The third-order valence-corrected chi connectivity index (χ3v) is 6.37. The number of carbonyl (C=O) groups excluding carboxylic acids is 1. The molecule has 0 unspecified atom stereocenters. The van der Waals surface area contributed by atoms with Crippen LogP contribution in [0.5, 0.6) is 0 Å². The first-order valence-electron chi connectivity index (χ1n) is 10.1. The summed E-state index contributed by atoms with van der Waals surface area (Å²) in [5, 5.41) is 16.8. The highest BCUT2D eigenvalue weighted by atomic mass is 35.5. The Kier molecular flexibility index (Phi) is 5.61. The number of nitrogens with one attached hydrogen (secondary N) is 1. The fourth-order valence-electron chi connectivity index (χ4n) is 4.03. The number of nitriles is 1. The summed E-state index contributed by atoms with van der Waals surface area (Å²) >= 11 is 6.38. The molecule has 3 aromatic rings. The molecule has 0 radical (unpaired) electrons. The van der Waals surface area contributed by atoms with E-state index in [9.17, 15) is 4.79 Å². The highest BCUT2D eigenvalue weighted by Crippen LogP contribution is 2.32. The second-order valence-corrected chi connectivity index (χ2v) is 8.22. The summed E-state index contributed by atoms with van der Waals surface area (Å²) in [7, 11) is 0. The van der Waals surface area contributed by atoms with E-state index in [4.69, 9.17) is 16.9 Å². The molecule has 0 saturated carbocycles. The third-order valence-electron chi connectivity index (χ3n) is 5.91. The van der Waals surface area contributed by atoms with Gasteiger partial charge in [-0.05, 0) is 68.0 Å². The molecule has 2 heterocycles. The van der Waals surface area contributed by atoms with Crippen LogP contribution in [0.1, 0.15) is 51.5 Å². The van der Waals surface area contributed by atoms with Crippen LogP contribution in [0.25, 0.3) is 11.3 Å². The van der Waals surface area contributed by atoms with Crippen molar-refractivity contribution in [1.29, 1.82) is 5.26 Å². The van der Waals surface area contributed by atoms with E-state index in [1.807, 2.05) is 61.2 Å². The van der Waals surface area contributed by atoms with E-state index in [-0.39, 0.29) is 5.91 Å². The van der Waals surface area contributed by atoms with Crippen molar-refractivity contribution in [3.05, 3.63) is 75.4 Å². The van der Waals surface area contributed by atoms with Crippen molar-refractivity contribution in [1.82, 2.24) is 15.1 Å². The number of nitrogens with zero attached hydrogens (tertiary/aromatic N) is 3. The van der Waals surface area contributed by atoms with Gasteiger partial charge in [0.1, 0.15) is 5.69 Å². The zero-order valence-corrected chi connectivity index (χ0v) is 17.8. The van der Waals surface area contributed by atoms with Crippen molar-refractivity contribution in [2.75, 3.05) is 13.1 Å². The van der Waals surface area contributed by atoms with Gasteiger partial charge in [-0.25, -0.2) is 0 Å². The van der Waals surface area contributed by atoms with E-state index in [0.717, 1.165) is 42.8 Å². The van der Waals surface area contributed by atoms with Crippen molar-refractivity contribution >= 4 is 17.5 Å². The standard InChI is InChI=1S/C24H23ClN4O/c1-15-3-6-20(13-21(15)23-22(25)16(2)27-28-23)24(30)29-11-9-19(10-12-29)18-7-4-17(14-26)5-8-18/h3-8,13,19H,9-12H2,1-2H3,(H,27,28). The Morgan fingerprint density at radius 1 is 1.17 bits per heavy atom. The highest BCUT2D eigenvalue weighted by Gasteiger charge is 2.25. The predicted octanol–water partition coefficient (Wildman–Crippen LogP) is 5.24. The Morgan fingerprint density at radius 3 is 2.47 bits per heavy atom. The van der Waals surface area contributed by atoms with Crippen molar-refractivity contribution < 1.29 is 4.79 Å². The predicted molar refractivity (Wildman–Crippen MR) is 118 cm³/mol. The molecule has 1 aliphatic heterocycles. The van der Waals surface area contributed by atoms with E-state index in [2.05, 4.69) is 16.3 Å². The molecule has 152 valence electrons. The minimum atomic E-state index is 0.0397. The molecule has 1 aliphatic rings. The lowest BCUT2D eigenvalue weighted by Crippen LogP contribution is -2.37. The van der Waals surface area contributed by atoms with Crippen LogP contribution in [0.15, 0.2) is 42.5 Å². The van der Waals surface area contributed by atoms with Crippen LogP contribution in [0.2, 0.25) is 5.02 Å². The van der Waals surface area contributed by atoms with Gasteiger partial charge in [-0.3, -0.25) is 9.89 Å². The summed E-state index contributed by atoms with van der Waals surface area (Å²) in [6.07, 6.45) is 1.83. The monoisotopic (exact) mass is 418 g/mol. The van der Waals surface area contributed by atoms with Crippen LogP contribution in [-0.2, 0) is 0 Å².